The fourth-order valence-corrected chi connectivity index (χ4v) is 3.13. The summed E-state index contributed by atoms with van der Waals surface area (Å²) >= 11 is 0. The molecular weight excluding hydrogens is 276 g/mol. The van der Waals surface area contributed by atoms with Crippen LogP contribution in [0.25, 0.3) is 0 Å². The predicted molar refractivity (Wildman–Crippen MR) is 89.0 cm³/mol. The topological polar surface area (TPSA) is 55.6 Å². The number of methoxy groups -OCH3 is 1. The van der Waals surface area contributed by atoms with Crippen molar-refractivity contribution in [1.82, 2.24) is 4.90 Å². The Morgan fingerprint density at radius 1 is 1.36 bits per heavy atom. The Morgan fingerprint density at radius 3 is 2.64 bits per heavy atom. The zero-order valence-electron chi connectivity index (χ0n) is 13.9. The van der Waals surface area contributed by atoms with Crippen molar-refractivity contribution >= 4 is 5.91 Å². The molecular formula is C18H28N2O2. The zero-order chi connectivity index (χ0) is 16.1. The smallest absolute Gasteiger partial charge is 0.223 e. The molecule has 1 aromatic carbocycles. The molecule has 22 heavy (non-hydrogen) atoms. The number of piperidine rings is 1. The second-order valence-electron chi connectivity index (χ2n) is 6.46. The van der Waals surface area contributed by atoms with Crippen LogP contribution in [0, 0.1) is 5.92 Å². The van der Waals surface area contributed by atoms with Crippen molar-refractivity contribution in [2.24, 2.45) is 11.7 Å². The van der Waals surface area contributed by atoms with Crippen LogP contribution in [0.1, 0.15) is 44.6 Å². The summed E-state index contributed by atoms with van der Waals surface area (Å²) in [6.45, 7) is 5.85. The monoisotopic (exact) mass is 304 g/mol. The van der Waals surface area contributed by atoms with E-state index in [0.717, 1.165) is 37.2 Å². The lowest BCUT2D eigenvalue weighted by Crippen LogP contribution is -2.42. The van der Waals surface area contributed by atoms with E-state index < -0.39 is 0 Å². The molecule has 0 spiro atoms. The van der Waals surface area contributed by atoms with Gasteiger partial charge in [-0.1, -0.05) is 19.1 Å². The average molecular weight is 304 g/mol. The third-order valence-electron chi connectivity index (χ3n) is 4.78. The van der Waals surface area contributed by atoms with Gasteiger partial charge in [0, 0.05) is 25.6 Å². The summed E-state index contributed by atoms with van der Waals surface area (Å²) in [6.07, 6.45) is 2.60. The largest absolute Gasteiger partial charge is 0.497 e. The highest BCUT2D eigenvalue weighted by Crippen LogP contribution is 2.26. The van der Waals surface area contributed by atoms with E-state index >= 15 is 0 Å². The molecule has 1 aromatic rings. The van der Waals surface area contributed by atoms with E-state index in [1.54, 1.807) is 7.11 Å². The van der Waals surface area contributed by atoms with Gasteiger partial charge >= 0.3 is 0 Å². The maximum atomic E-state index is 12.5. The maximum absolute atomic E-state index is 12.5. The summed E-state index contributed by atoms with van der Waals surface area (Å²) in [5.74, 6) is 1.85. The highest BCUT2D eigenvalue weighted by atomic mass is 16.5. The molecule has 1 aliphatic heterocycles. The summed E-state index contributed by atoms with van der Waals surface area (Å²) in [5, 5.41) is 0. The number of hydrogen-bond donors (Lipinski definition) is 1. The normalized spacial score (nSPS) is 18.8. The van der Waals surface area contributed by atoms with Gasteiger partial charge in [0.15, 0.2) is 0 Å². The van der Waals surface area contributed by atoms with Gasteiger partial charge < -0.3 is 15.4 Å². The Morgan fingerprint density at radius 2 is 2.05 bits per heavy atom. The molecule has 0 saturated carbocycles. The van der Waals surface area contributed by atoms with E-state index in [1.807, 2.05) is 23.1 Å². The van der Waals surface area contributed by atoms with Gasteiger partial charge in [-0.2, -0.15) is 0 Å². The summed E-state index contributed by atoms with van der Waals surface area (Å²) in [5.41, 5.74) is 7.11. The first-order valence-electron chi connectivity index (χ1n) is 8.18. The van der Waals surface area contributed by atoms with Crippen molar-refractivity contribution in [1.29, 1.82) is 0 Å². The first-order valence-corrected chi connectivity index (χ1v) is 8.18. The van der Waals surface area contributed by atoms with Gasteiger partial charge in [0.05, 0.1) is 7.11 Å². The molecule has 1 fully saturated rings. The van der Waals surface area contributed by atoms with E-state index in [1.165, 1.54) is 0 Å². The van der Waals surface area contributed by atoms with Crippen molar-refractivity contribution in [2.45, 2.75) is 45.1 Å². The molecule has 1 aliphatic rings. The minimum atomic E-state index is 0.203. The lowest BCUT2D eigenvalue weighted by molar-refractivity contribution is -0.133. The Hall–Kier alpha value is -1.55. The lowest BCUT2D eigenvalue weighted by atomic mass is 9.90. The Labute approximate surface area is 133 Å². The van der Waals surface area contributed by atoms with Crippen LogP contribution in [0.3, 0.4) is 0 Å². The van der Waals surface area contributed by atoms with E-state index in [4.69, 9.17) is 10.5 Å². The SMILES string of the molecule is COc1cccc(C(C)CC(=O)N2CCC(C(C)N)CC2)c1. The quantitative estimate of drug-likeness (QED) is 0.910. The molecule has 1 heterocycles. The molecule has 0 aromatic heterocycles. The number of nitrogens with zero attached hydrogens (tertiary/aromatic N) is 1. The van der Waals surface area contributed by atoms with Gasteiger partial charge in [-0.3, -0.25) is 4.79 Å². The van der Waals surface area contributed by atoms with Crippen LogP contribution in [0.5, 0.6) is 5.75 Å². The van der Waals surface area contributed by atoms with Crippen LogP contribution >= 0.6 is 0 Å². The minimum absolute atomic E-state index is 0.203. The fraction of sp³-hybridized carbons (Fsp3) is 0.611. The van der Waals surface area contributed by atoms with Gasteiger partial charge in [-0.15, -0.1) is 0 Å². The first-order chi connectivity index (χ1) is 10.5. The molecule has 4 heteroatoms. The Bertz CT molecular complexity index is 494. The van der Waals surface area contributed by atoms with E-state index in [9.17, 15) is 4.79 Å². The number of amides is 1. The third kappa shape index (κ3) is 4.23. The number of likely N-dealkylation sites (tertiary alicyclic amines) is 1. The van der Waals surface area contributed by atoms with Crippen molar-refractivity contribution in [2.75, 3.05) is 20.2 Å². The number of carbonyl (C=O) groups excluding carboxylic acids is 1. The molecule has 0 radical (unpaired) electrons. The highest BCUT2D eigenvalue weighted by Gasteiger charge is 2.25. The van der Waals surface area contributed by atoms with Gasteiger partial charge in [0.2, 0.25) is 5.91 Å². The molecule has 4 nitrogen and oxygen atoms in total. The lowest BCUT2D eigenvalue weighted by Gasteiger charge is -2.34. The van der Waals surface area contributed by atoms with Crippen LogP contribution in [-0.4, -0.2) is 37.0 Å². The number of carbonyl (C=O) groups is 1. The number of ether oxygens (including phenoxy) is 1. The van der Waals surface area contributed by atoms with E-state index in [-0.39, 0.29) is 17.9 Å². The summed E-state index contributed by atoms with van der Waals surface area (Å²) in [4.78, 5) is 14.5. The van der Waals surface area contributed by atoms with Crippen molar-refractivity contribution in [3.8, 4) is 5.75 Å². The molecule has 1 amide bonds. The van der Waals surface area contributed by atoms with E-state index in [2.05, 4.69) is 19.9 Å². The molecule has 1 saturated heterocycles. The predicted octanol–water partition coefficient (Wildman–Crippen LogP) is 2.77. The summed E-state index contributed by atoms with van der Waals surface area (Å²) < 4.78 is 5.25. The van der Waals surface area contributed by atoms with Crippen LogP contribution in [0.2, 0.25) is 0 Å². The van der Waals surface area contributed by atoms with Crippen LogP contribution in [0.15, 0.2) is 24.3 Å². The standard InChI is InChI=1S/C18H28N2O2/c1-13(16-5-4-6-17(12-16)22-3)11-18(21)20-9-7-15(8-10-20)14(2)19/h4-6,12-15H,7-11,19H2,1-3H3. The molecule has 2 unspecified atom stereocenters. The van der Waals surface area contributed by atoms with Crippen molar-refractivity contribution < 1.29 is 9.53 Å². The van der Waals surface area contributed by atoms with Crippen LogP contribution < -0.4 is 10.5 Å². The van der Waals surface area contributed by atoms with Crippen LogP contribution in [0.4, 0.5) is 0 Å². The third-order valence-corrected chi connectivity index (χ3v) is 4.78. The number of rotatable bonds is 5. The van der Waals surface area contributed by atoms with E-state index in [0.29, 0.717) is 12.3 Å². The van der Waals surface area contributed by atoms with Gasteiger partial charge in [0.25, 0.3) is 0 Å². The summed E-state index contributed by atoms with van der Waals surface area (Å²) in [7, 11) is 1.66. The highest BCUT2D eigenvalue weighted by molar-refractivity contribution is 5.77. The number of hydrogen-bond acceptors (Lipinski definition) is 3. The van der Waals surface area contributed by atoms with Gasteiger partial charge in [-0.25, -0.2) is 0 Å². The molecule has 2 atom stereocenters. The van der Waals surface area contributed by atoms with Crippen LogP contribution in [-0.2, 0) is 4.79 Å². The van der Waals surface area contributed by atoms with Crippen molar-refractivity contribution in [3.05, 3.63) is 29.8 Å². The number of benzene rings is 1. The Kier molecular flexibility index (Phi) is 5.83. The molecule has 2 N–H and O–H groups in total. The van der Waals surface area contributed by atoms with Gasteiger partial charge in [-0.05, 0) is 49.3 Å². The van der Waals surface area contributed by atoms with Crippen molar-refractivity contribution in [3.63, 3.8) is 0 Å². The summed E-state index contributed by atoms with van der Waals surface area (Å²) in [6, 6.07) is 8.20. The molecule has 0 aliphatic carbocycles. The first kappa shape index (κ1) is 16.8. The second kappa shape index (κ2) is 7.63. The number of nitrogens with two attached hydrogens (primary N) is 1. The minimum Gasteiger partial charge on any atom is -0.497 e. The van der Waals surface area contributed by atoms with Gasteiger partial charge in [0.1, 0.15) is 5.75 Å². The Balaban J connectivity index is 1.89. The average Bonchev–Trinajstić information content (AvgIpc) is 2.54. The second-order valence-corrected chi connectivity index (χ2v) is 6.46. The fourth-order valence-electron chi connectivity index (χ4n) is 3.13. The molecule has 2 rings (SSSR count). The molecule has 122 valence electrons. The maximum Gasteiger partial charge on any atom is 0.223 e. The molecule has 0 bridgehead atoms. The zero-order valence-corrected chi connectivity index (χ0v) is 13.9.